The molecule has 2 amide bonds. The van der Waals surface area contributed by atoms with Crippen LogP contribution in [-0.4, -0.2) is 37.6 Å². The number of benzene rings is 1. The molecule has 22 heavy (non-hydrogen) atoms. The highest BCUT2D eigenvalue weighted by atomic mass is 19.1. The zero-order chi connectivity index (χ0) is 16.5. The predicted octanol–water partition coefficient (Wildman–Crippen LogP) is 0.420. The fourth-order valence-corrected chi connectivity index (χ4v) is 1.57. The SMILES string of the molecule is CC(C)[C@H](N)C(=O)NCC(=O)NCCOc1cccc(F)c1. The van der Waals surface area contributed by atoms with Crippen molar-refractivity contribution in [3.8, 4) is 5.75 Å². The van der Waals surface area contributed by atoms with Crippen LogP contribution in [0, 0.1) is 11.7 Å². The number of nitrogens with one attached hydrogen (secondary N) is 2. The number of amides is 2. The molecule has 0 radical (unpaired) electrons. The van der Waals surface area contributed by atoms with Crippen LogP contribution in [0.2, 0.25) is 0 Å². The molecule has 0 aliphatic rings. The van der Waals surface area contributed by atoms with E-state index in [-0.39, 0.29) is 43.2 Å². The van der Waals surface area contributed by atoms with Crippen molar-refractivity contribution in [1.29, 1.82) is 0 Å². The van der Waals surface area contributed by atoms with Crippen LogP contribution >= 0.6 is 0 Å². The number of hydrogen-bond acceptors (Lipinski definition) is 4. The predicted molar refractivity (Wildman–Crippen MR) is 80.7 cm³/mol. The molecule has 7 heteroatoms. The Balaban J connectivity index is 2.17. The van der Waals surface area contributed by atoms with E-state index in [9.17, 15) is 14.0 Å². The van der Waals surface area contributed by atoms with Crippen molar-refractivity contribution in [3.63, 3.8) is 0 Å². The van der Waals surface area contributed by atoms with E-state index in [2.05, 4.69) is 10.6 Å². The maximum absolute atomic E-state index is 12.9. The van der Waals surface area contributed by atoms with Gasteiger partial charge in [0.2, 0.25) is 11.8 Å². The van der Waals surface area contributed by atoms with E-state index in [1.807, 2.05) is 13.8 Å². The van der Waals surface area contributed by atoms with Crippen molar-refractivity contribution >= 4 is 11.8 Å². The fourth-order valence-electron chi connectivity index (χ4n) is 1.57. The first-order valence-electron chi connectivity index (χ1n) is 7.08. The second kappa shape index (κ2) is 8.99. The van der Waals surface area contributed by atoms with Gasteiger partial charge >= 0.3 is 0 Å². The maximum Gasteiger partial charge on any atom is 0.239 e. The second-order valence-electron chi connectivity index (χ2n) is 5.14. The molecule has 0 saturated heterocycles. The second-order valence-corrected chi connectivity index (χ2v) is 5.14. The summed E-state index contributed by atoms with van der Waals surface area (Å²) in [5, 5.41) is 5.04. The zero-order valence-corrected chi connectivity index (χ0v) is 12.8. The van der Waals surface area contributed by atoms with Gasteiger partial charge in [0.15, 0.2) is 0 Å². The number of halogens is 1. The number of carbonyl (C=O) groups excluding carboxylic acids is 2. The van der Waals surface area contributed by atoms with E-state index in [1.54, 1.807) is 6.07 Å². The summed E-state index contributed by atoms with van der Waals surface area (Å²) >= 11 is 0. The first-order valence-corrected chi connectivity index (χ1v) is 7.08. The van der Waals surface area contributed by atoms with Gasteiger partial charge in [0, 0.05) is 6.07 Å². The molecule has 0 saturated carbocycles. The molecule has 0 spiro atoms. The Morgan fingerprint density at radius 2 is 2.05 bits per heavy atom. The van der Waals surface area contributed by atoms with Crippen LogP contribution in [0.25, 0.3) is 0 Å². The Hall–Kier alpha value is -2.15. The zero-order valence-electron chi connectivity index (χ0n) is 12.8. The fraction of sp³-hybridized carbons (Fsp3) is 0.467. The Morgan fingerprint density at radius 3 is 2.68 bits per heavy atom. The molecule has 0 aliphatic heterocycles. The summed E-state index contributed by atoms with van der Waals surface area (Å²) in [5.41, 5.74) is 5.65. The minimum absolute atomic E-state index is 0.00253. The molecule has 1 atom stereocenters. The molecular formula is C15H22FN3O3. The third kappa shape index (κ3) is 6.53. The van der Waals surface area contributed by atoms with Crippen molar-refractivity contribution in [1.82, 2.24) is 10.6 Å². The minimum Gasteiger partial charge on any atom is -0.492 e. The van der Waals surface area contributed by atoms with Crippen LogP contribution in [-0.2, 0) is 9.59 Å². The van der Waals surface area contributed by atoms with Gasteiger partial charge in [-0.2, -0.15) is 0 Å². The average Bonchev–Trinajstić information content (AvgIpc) is 2.48. The Labute approximate surface area is 129 Å². The summed E-state index contributed by atoms with van der Waals surface area (Å²) in [6.07, 6.45) is 0. The highest BCUT2D eigenvalue weighted by Crippen LogP contribution is 2.11. The summed E-state index contributed by atoms with van der Waals surface area (Å²) in [7, 11) is 0. The van der Waals surface area contributed by atoms with Gasteiger partial charge in [-0.1, -0.05) is 19.9 Å². The quantitative estimate of drug-likeness (QED) is 0.607. The average molecular weight is 311 g/mol. The molecule has 1 aromatic carbocycles. The topological polar surface area (TPSA) is 93.5 Å². The van der Waals surface area contributed by atoms with E-state index in [1.165, 1.54) is 18.2 Å². The first-order chi connectivity index (χ1) is 10.4. The Kier molecular flexibility index (Phi) is 7.31. The van der Waals surface area contributed by atoms with Crippen molar-refractivity contribution in [3.05, 3.63) is 30.1 Å². The van der Waals surface area contributed by atoms with Crippen LogP contribution in [0.4, 0.5) is 4.39 Å². The summed E-state index contributed by atoms with van der Waals surface area (Å²) < 4.78 is 18.2. The van der Waals surface area contributed by atoms with Gasteiger partial charge in [-0.3, -0.25) is 9.59 Å². The van der Waals surface area contributed by atoms with E-state index in [0.29, 0.717) is 5.75 Å². The Bertz CT molecular complexity index is 509. The molecule has 0 aliphatic carbocycles. The molecular weight excluding hydrogens is 289 g/mol. The summed E-state index contributed by atoms with van der Waals surface area (Å²) in [5.74, 6) is -0.688. The first kappa shape index (κ1) is 17.9. The molecule has 1 aromatic rings. The standard InChI is InChI=1S/C15H22FN3O3/c1-10(2)14(17)15(21)19-9-13(20)18-6-7-22-12-5-3-4-11(16)8-12/h3-5,8,10,14H,6-7,9,17H2,1-2H3,(H,18,20)(H,19,21)/t14-/m0/s1. The maximum atomic E-state index is 12.9. The monoisotopic (exact) mass is 311 g/mol. The van der Waals surface area contributed by atoms with E-state index in [4.69, 9.17) is 10.5 Å². The summed E-state index contributed by atoms with van der Waals surface area (Å²) in [4.78, 5) is 23.1. The largest absolute Gasteiger partial charge is 0.492 e. The number of rotatable bonds is 8. The smallest absolute Gasteiger partial charge is 0.239 e. The van der Waals surface area contributed by atoms with Crippen LogP contribution in [0.3, 0.4) is 0 Å². The third-order valence-corrected chi connectivity index (χ3v) is 2.93. The van der Waals surface area contributed by atoms with Crippen molar-refractivity contribution in [2.45, 2.75) is 19.9 Å². The highest BCUT2D eigenvalue weighted by molar-refractivity contribution is 5.87. The normalized spacial score (nSPS) is 11.9. The molecule has 0 fully saturated rings. The van der Waals surface area contributed by atoms with Gasteiger partial charge in [-0.15, -0.1) is 0 Å². The van der Waals surface area contributed by atoms with Gasteiger partial charge in [-0.05, 0) is 18.1 Å². The van der Waals surface area contributed by atoms with Crippen LogP contribution in [0.15, 0.2) is 24.3 Å². The highest BCUT2D eigenvalue weighted by Gasteiger charge is 2.17. The van der Waals surface area contributed by atoms with Gasteiger partial charge in [0.1, 0.15) is 18.2 Å². The lowest BCUT2D eigenvalue weighted by Crippen LogP contribution is -2.47. The lowest BCUT2D eigenvalue weighted by molar-refractivity contribution is -0.127. The number of ether oxygens (including phenoxy) is 1. The van der Waals surface area contributed by atoms with Crippen LogP contribution in [0.1, 0.15) is 13.8 Å². The van der Waals surface area contributed by atoms with Crippen molar-refractivity contribution in [2.75, 3.05) is 19.7 Å². The third-order valence-electron chi connectivity index (χ3n) is 2.93. The molecule has 0 heterocycles. The Morgan fingerprint density at radius 1 is 1.32 bits per heavy atom. The molecule has 0 bridgehead atoms. The van der Waals surface area contributed by atoms with E-state index in [0.717, 1.165) is 0 Å². The number of carbonyl (C=O) groups is 2. The minimum atomic E-state index is -0.635. The van der Waals surface area contributed by atoms with E-state index < -0.39 is 6.04 Å². The molecule has 122 valence electrons. The summed E-state index contributed by atoms with van der Waals surface area (Å²) in [6, 6.07) is 5.10. The molecule has 4 N–H and O–H groups in total. The van der Waals surface area contributed by atoms with Crippen LogP contribution in [0.5, 0.6) is 5.75 Å². The lowest BCUT2D eigenvalue weighted by atomic mass is 10.1. The summed E-state index contributed by atoms with van der Waals surface area (Å²) in [6.45, 7) is 3.97. The molecule has 0 unspecified atom stereocenters. The van der Waals surface area contributed by atoms with Crippen molar-refractivity contribution < 1.29 is 18.7 Å². The van der Waals surface area contributed by atoms with Gasteiger partial charge < -0.3 is 21.1 Å². The number of hydrogen-bond donors (Lipinski definition) is 3. The lowest BCUT2D eigenvalue weighted by Gasteiger charge is -2.15. The molecule has 1 rings (SSSR count). The van der Waals surface area contributed by atoms with E-state index >= 15 is 0 Å². The molecule has 0 aromatic heterocycles. The number of nitrogens with two attached hydrogens (primary N) is 1. The van der Waals surface area contributed by atoms with Gasteiger partial charge in [-0.25, -0.2) is 4.39 Å². The van der Waals surface area contributed by atoms with Gasteiger partial charge in [0.25, 0.3) is 0 Å². The van der Waals surface area contributed by atoms with Crippen LogP contribution < -0.4 is 21.1 Å². The van der Waals surface area contributed by atoms with Crippen molar-refractivity contribution in [2.24, 2.45) is 11.7 Å². The van der Waals surface area contributed by atoms with Gasteiger partial charge in [0.05, 0.1) is 19.1 Å². The molecule has 6 nitrogen and oxygen atoms in total.